The highest BCUT2D eigenvalue weighted by atomic mass is 16.6. The maximum Gasteiger partial charge on any atom is 0.338 e. The summed E-state index contributed by atoms with van der Waals surface area (Å²) in [7, 11) is 0. The van der Waals surface area contributed by atoms with Gasteiger partial charge in [-0.3, -0.25) is 10.1 Å². The summed E-state index contributed by atoms with van der Waals surface area (Å²) < 4.78 is 0. The molecule has 0 saturated carbocycles. The summed E-state index contributed by atoms with van der Waals surface area (Å²) in [5.41, 5.74) is 4.56. The molecule has 0 radical (unpaired) electrons. The Labute approximate surface area is 118 Å². The van der Waals surface area contributed by atoms with Gasteiger partial charge in [0.15, 0.2) is 5.69 Å². The first-order valence-corrected chi connectivity index (χ1v) is 5.77. The second kappa shape index (κ2) is 5.78. The minimum Gasteiger partial charge on any atom is -0.478 e. The molecule has 0 fully saturated rings. The molecule has 8 heteroatoms. The number of nitrogen functional groups attached to an aromatic ring is 1. The number of carbonyl (C=O) groups is 1. The fourth-order valence-corrected chi connectivity index (χ4v) is 1.66. The van der Waals surface area contributed by atoms with E-state index in [0.29, 0.717) is 5.69 Å². The van der Waals surface area contributed by atoms with E-state index in [0.717, 1.165) is 6.07 Å². The number of anilines is 1. The number of rotatable bonds is 4. The van der Waals surface area contributed by atoms with Crippen LogP contribution in [0.1, 0.15) is 10.4 Å². The Balaban J connectivity index is 2.49. The van der Waals surface area contributed by atoms with Gasteiger partial charge >= 0.3 is 11.7 Å². The number of nitrogens with zero attached hydrogens (tertiary/aromatic N) is 3. The van der Waals surface area contributed by atoms with Crippen molar-refractivity contribution < 1.29 is 14.8 Å². The number of carboxylic acids is 1. The van der Waals surface area contributed by atoms with Crippen molar-refractivity contribution in [2.75, 3.05) is 5.73 Å². The zero-order valence-corrected chi connectivity index (χ0v) is 10.6. The molecular weight excluding hydrogens is 276 g/mol. The minimum atomic E-state index is -1.35. The zero-order valence-electron chi connectivity index (χ0n) is 10.6. The van der Waals surface area contributed by atoms with E-state index in [-0.39, 0.29) is 11.3 Å². The maximum absolute atomic E-state index is 11.1. The van der Waals surface area contributed by atoms with E-state index in [9.17, 15) is 14.9 Å². The molecule has 0 atom stereocenters. The standard InChI is InChI=1S/C13H10N4O4/c14-11-9(13(18)19)6-7-10(12(11)17(20)21)16-15-8-4-2-1-3-5-8/h1-7H,14H2,(H,18,19). The predicted molar refractivity (Wildman–Crippen MR) is 75.1 cm³/mol. The van der Waals surface area contributed by atoms with Crippen molar-refractivity contribution in [2.24, 2.45) is 10.2 Å². The van der Waals surface area contributed by atoms with Crippen molar-refractivity contribution in [1.29, 1.82) is 0 Å². The highest BCUT2D eigenvalue weighted by molar-refractivity contribution is 5.98. The van der Waals surface area contributed by atoms with Gasteiger partial charge in [0, 0.05) is 0 Å². The number of nitro benzene ring substituents is 1. The van der Waals surface area contributed by atoms with Gasteiger partial charge in [0.05, 0.1) is 16.2 Å². The van der Waals surface area contributed by atoms with Crippen molar-refractivity contribution in [3.63, 3.8) is 0 Å². The Hall–Kier alpha value is -3.29. The Kier molecular flexibility index (Phi) is 3.89. The number of nitrogens with two attached hydrogens (primary N) is 1. The Morgan fingerprint density at radius 1 is 1.14 bits per heavy atom. The van der Waals surface area contributed by atoms with E-state index in [1.165, 1.54) is 6.07 Å². The SMILES string of the molecule is Nc1c(C(=O)O)ccc(N=Nc2ccccc2)c1[N+](=O)[O-]. The summed E-state index contributed by atoms with van der Waals surface area (Å²) in [4.78, 5) is 21.2. The molecule has 0 aliphatic carbocycles. The lowest BCUT2D eigenvalue weighted by Gasteiger charge is -2.03. The molecule has 0 bridgehead atoms. The molecule has 0 aliphatic rings. The number of hydrogen-bond donors (Lipinski definition) is 2. The summed E-state index contributed by atoms with van der Waals surface area (Å²) >= 11 is 0. The van der Waals surface area contributed by atoms with Crippen LogP contribution in [-0.2, 0) is 0 Å². The first kappa shape index (κ1) is 14.1. The lowest BCUT2D eigenvalue weighted by molar-refractivity contribution is -0.383. The third kappa shape index (κ3) is 3.00. The smallest absolute Gasteiger partial charge is 0.338 e. The van der Waals surface area contributed by atoms with Crippen LogP contribution >= 0.6 is 0 Å². The van der Waals surface area contributed by atoms with Crippen LogP contribution in [0.5, 0.6) is 0 Å². The van der Waals surface area contributed by atoms with E-state index < -0.39 is 22.3 Å². The topological polar surface area (TPSA) is 131 Å². The molecule has 8 nitrogen and oxygen atoms in total. The second-order valence-electron chi connectivity index (χ2n) is 3.99. The van der Waals surface area contributed by atoms with Gasteiger partial charge in [-0.15, -0.1) is 5.11 Å². The van der Waals surface area contributed by atoms with E-state index in [1.807, 2.05) is 0 Å². The summed E-state index contributed by atoms with van der Waals surface area (Å²) in [6.07, 6.45) is 0. The van der Waals surface area contributed by atoms with Crippen LogP contribution in [0, 0.1) is 10.1 Å². The highest BCUT2D eigenvalue weighted by Gasteiger charge is 2.24. The number of nitro groups is 1. The van der Waals surface area contributed by atoms with Gasteiger partial charge in [-0.05, 0) is 24.3 Å². The highest BCUT2D eigenvalue weighted by Crippen LogP contribution is 2.36. The van der Waals surface area contributed by atoms with E-state index >= 15 is 0 Å². The average molecular weight is 286 g/mol. The summed E-state index contributed by atoms with van der Waals surface area (Å²) in [6, 6.07) is 11.0. The Bertz CT molecular complexity index is 728. The van der Waals surface area contributed by atoms with Gasteiger partial charge in [-0.25, -0.2) is 4.79 Å². The molecule has 2 aromatic carbocycles. The third-order valence-corrected chi connectivity index (χ3v) is 2.64. The van der Waals surface area contributed by atoms with Crippen molar-refractivity contribution >= 4 is 28.7 Å². The summed E-state index contributed by atoms with van der Waals surface area (Å²) in [5.74, 6) is -1.35. The molecule has 106 valence electrons. The van der Waals surface area contributed by atoms with Gasteiger partial charge in [-0.1, -0.05) is 18.2 Å². The first-order chi connectivity index (χ1) is 10.0. The monoisotopic (exact) mass is 286 g/mol. The minimum absolute atomic E-state index is 0.105. The molecule has 2 rings (SSSR count). The van der Waals surface area contributed by atoms with E-state index in [4.69, 9.17) is 10.8 Å². The molecular formula is C13H10N4O4. The Morgan fingerprint density at radius 2 is 1.81 bits per heavy atom. The molecule has 0 aliphatic heterocycles. The van der Waals surface area contributed by atoms with Gasteiger partial charge in [-0.2, -0.15) is 5.11 Å². The number of benzene rings is 2. The number of aromatic carboxylic acids is 1. The lowest BCUT2D eigenvalue weighted by Crippen LogP contribution is -2.05. The van der Waals surface area contributed by atoms with Crippen molar-refractivity contribution in [3.8, 4) is 0 Å². The van der Waals surface area contributed by atoms with Crippen molar-refractivity contribution in [1.82, 2.24) is 0 Å². The number of azo groups is 1. The quantitative estimate of drug-likeness (QED) is 0.385. The zero-order chi connectivity index (χ0) is 15.4. The molecule has 0 unspecified atom stereocenters. The van der Waals surface area contributed by atoms with Crippen molar-refractivity contribution in [2.45, 2.75) is 0 Å². The summed E-state index contributed by atoms with van der Waals surface area (Å²) in [5, 5.41) is 27.6. The molecule has 21 heavy (non-hydrogen) atoms. The van der Waals surface area contributed by atoms with Gasteiger partial charge < -0.3 is 10.8 Å². The first-order valence-electron chi connectivity index (χ1n) is 5.77. The van der Waals surface area contributed by atoms with Gasteiger partial charge in [0.2, 0.25) is 0 Å². The van der Waals surface area contributed by atoms with Crippen LogP contribution < -0.4 is 5.73 Å². The molecule has 0 saturated heterocycles. The van der Waals surface area contributed by atoms with Crippen LogP contribution in [0.3, 0.4) is 0 Å². The Morgan fingerprint density at radius 3 is 2.38 bits per heavy atom. The fraction of sp³-hybridized carbons (Fsp3) is 0. The van der Waals surface area contributed by atoms with Crippen LogP contribution in [0.4, 0.5) is 22.7 Å². The van der Waals surface area contributed by atoms with Gasteiger partial charge in [0.1, 0.15) is 5.69 Å². The number of carboxylic acid groups (broad SMARTS) is 1. The van der Waals surface area contributed by atoms with Crippen LogP contribution in [0.2, 0.25) is 0 Å². The summed E-state index contributed by atoms with van der Waals surface area (Å²) in [6.45, 7) is 0. The van der Waals surface area contributed by atoms with Crippen LogP contribution in [0.25, 0.3) is 0 Å². The molecule has 0 aromatic heterocycles. The lowest BCUT2D eigenvalue weighted by atomic mass is 10.1. The van der Waals surface area contributed by atoms with Crippen molar-refractivity contribution in [3.05, 3.63) is 58.1 Å². The number of hydrogen-bond acceptors (Lipinski definition) is 6. The average Bonchev–Trinajstić information content (AvgIpc) is 2.45. The fourth-order valence-electron chi connectivity index (χ4n) is 1.66. The van der Waals surface area contributed by atoms with E-state index in [2.05, 4.69) is 10.2 Å². The molecule has 2 aromatic rings. The van der Waals surface area contributed by atoms with Gasteiger partial charge in [0.25, 0.3) is 0 Å². The molecule has 0 spiro atoms. The third-order valence-electron chi connectivity index (χ3n) is 2.64. The second-order valence-corrected chi connectivity index (χ2v) is 3.99. The molecule has 0 heterocycles. The predicted octanol–water partition coefficient (Wildman–Crippen LogP) is 3.29. The van der Waals surface area contributed by atoms with Crippen LogP contribution in [-0.4, -0.2) is 16.0 Å². The normalized spacial score (nSPS) is 10.7. The largest absolute Gasteiger partial charge is 0.478 e. The molecule has 0 amide bonds. The van der Waals surface area contributed by atoms with E-state index in [1.54, 1.807) is 30.3 Å². The maximum atomic E-state index is 11.1. The van der Waals surface area contributed by atoms with Crippen LogP contribution in [0.15, 0.2) is 52.7 Å². The molecule has 3 N–H and O–H groups in total.